The molecule has 1 aromatic heterocycles. The van der Waals surface area contributed by atoms with E-state index in [1.54, 1.807) is 0 Å². The molecule has 1 aromatic rings. The van der Waals surface area contributed by atoms with Crippen LogP contribution in [0.4, 0.5) is 0 Å². The van der Waals surface area contributed by atoms with Crippen molar-refractivity contribution in [2.45, 2.75) is 25.9 Å². The van der Waals surface area contributed by atoms with Crippen LogP contribution in [0.5, 0.6) is 0 Å². The lowest BCUT2D eigenvalue weighted by atomic mass is 10.2. The third kappa shape index (κ3) is 2.94. The summed E-state index contributed by atoms with van der Waals surface area (Å²) in [6.07, 6.45) is 1.34. The first-order valence-electron chi connectivity index (χ1n) is 7.04. The zero-order valence-electron chi connectivity index (χ0n) is 11.2. The number of hydrogen-bond acceptors (Lipinski definition) is 4. The molecule has 2 aliphatic rings. The number of thiophene rings is 1. The van der Waals surface area contributed by atoms with Crippen LogP contribution in [0.25, 0.3) is 0 Å². The topological polar surface area (TPSA) is 18.5 Å². The molecule has 0 aromatic carbocycles. The lowest BCUT2D eigenvalue weighted by Crippen LogP contribution is -2.50. The molecule has 1 unspecified atom stereocenters. The van der Waals surface area contributed by atoms with Crippen LogP contribution in [0.1, 0.15) is 16.2 Å². The zero-order chi connectivity index (χ0) is 12.4. The van der Waals surface area contributed by atoms with Crippen LogP contribution < -0.4 is 5.32 Å². The van der Waals surface area contributed by atoms with Crippen molar-refractivity contribution in [3.05, 3.63) is 21.9 Å². The number of aryl methyl sites for hydroxylation is 1. The minimum absolute atomic E-state index is 0.802. The van der Waals surface area contributed by atoms with Crippen molar-refractivity contribution in [2.24, 2.45) is 0 Å². The van der Waals surface area contributed by atoms with Gasteiger partial charge >= 0.3 is 0 Å². The Balaban J connectivity index is 1.47. The maximum atomic E-state index is 3.47. The van der Waals surface area contributed by atoms with Gasteiger partial charge in [-0.05, 0) is 32.0 Å². The van der Waals surface area contributed by atoms with Gasteiger partial charge in [-0.25, -0.2) is 0 Å². The third-order valence-electron chi connectivity index (χ3n) is 4.13. The van der Waals surface area contributed by atoms with E-state index in [2.05, 4.69) is 34.2 Å². The van der Waals surface area contributed by atoms with Crippen molar-refractivity contribution in [3.8, 4) is 0 Å². The summed E-state index contributed by atoms with van der Waals surface area (Å²) in [5, 5.41) is 3.47. The first kappa shape index (κ1) is 12.6. The van der Waals surface area contributed by atoms with Crippen LogP contribution in [0.2, 0.25) is 0 Å². The molecule has 0 saturated carbocycles. The molecule has 2 saturated heterocycles. The van der Waals surface area contributed by atoms with Crippen molar-refractivity contribution in [1.29, 1.82) is 0 Å². The Morgan fingerprint density at radius 3 is 2.72 bits per heavy atom. The van der Waals surface area contributed by atoms with E-state index in [1.165, 1.54) is 55.4 Å². The second kappa shape index (κ2) is 5.70. The number of rotatable bonds is 3. The Bertz CT molecular complexity index is 376. The highest BCUT2D eigenvalue weighted by molar-refractivity contribution is 7.11. The summed E-state index contributed by atoms with van der Waals surface area (Å²) in [4.78, 5) is 8.23. The van der Waals surface area contributed by atoms with Crippen LogP contribution >= 0.6 is 11.3 Å². The van der Waals surface area contributed by atoms with Gasteiger partial charge in [0.1, 0.15) is 0 Å². The van der Waals surface area contributed by atoms with Gasteiger partial charge in [0.25, 0.3) is 0 Å². The molecule has 1 N–H and O–H groups in total. The summed E-state index contributed by atoms with van der Waals surface area (Å²) < 4.78 is 0. The highest BCUT2D eigenvalue weighted by atomic mass is 32.1. The minimum Gasteiger partial charge on any atom is -0.315 e. The van der Waals surface area contributed by atoms with Gasteiger partial charge in [-0.3, -0.25) is 9.80 Å². The van der Waals surface area contributed by atoms with E-state index in [9.17, 15) is 0 Å². The summed E-state index contributed by atoms with van der Waals surface area (Å²) >= 11 is 1.94. The molecule has 4 heteroatoms. The fourth-order valence-electron chi connectivity index (χ4n) is 3.03. The fraction of sp³-hybridized carbons (Fsp3) is 0.714. The lowest BCUT2D eigenvalue weighted by molar-refractivity contribution is 0.0988. The summed E-state index contributed by atoms with van der Waals surface area (Å²) in [6.45, 7) is 10.7. The van der Waals surface area contributed by atoms with Gasteiger partial charge in [0.2, 0.25) is 0 Å². The largest absolute Gasteiger partial charge is 0.315 e. The Morgan fingerprint density at radius 1 is 1.28 bits per heavy atom. The van der Waals surface area contributed by atoms with Crippen molar-refractivity contribution in [3.63, 3.8) is 0 Å². The smallest absolute Gasteiger partial charge is 0.0329 e. The molecule has 0 bridgehead atoms. The van der Waals surface area contributed by atoms with Crippen LogP contribution in [-0.4, -0.2) is 55.1 Å². The Kier molecular flexibility index (Phi) is 3.99. The fourth-order valence-corrected chi connectivity index (χ4v) is 3.96. The molecule has 3 heterocycles. The van der Waals surface area contributed by atoms with Crippen molar-refractivity contribution >= 4 is 11.3 Å². The molecule has 0 aliphatic carbocycles. The van der Waals surface area contributed by atoms with Crippen LogP contribution in [-0.2, 0) is 6.54 Å². The van der Waals surface area contributed by atoms with Crippen molar-refractivity contribution < 1.29 is 0 Å². The normalized spacial score (nSPS) is 26.8. The van der Waals surface area contributed by atoms with E-state index in [1.807, 2.05) is 11.3 Å². The lowest BCUT2D eigenvalue weighted by Gasteiger charge is -2.37. The van der Waals surface area contributed by atoms with E-state index in [4.69, 9.17) is 0 Å². The molecule has 3 nitrogen and oxygen atoms in total. The van der Waals surface area contributed by atoms with Crippen LogP contribution in [0.3, 0.4) is 0 Å². The maximum absolute atomic E-state index is 3.47. The molecular weight excluding hydrogens is 242 g/mol. The Labute approximate surface area is 114 Å². The van der Waals surface area contributed by atoms with Gasteiger partial charge < -0.3 is 5.32 Å². The molecule has 18 heavy (non-hydrogen) atoms. The SMILES string of the molecule is Cc1ccc(CN2CCN(C3CCNC3)CC2)s1. The average Bonchev–Trinajstić information content (AvgIpc) is 3.02. The summed E-state index contributed by atoms with van der Waals surface area (Å²) in [7, 11) is 0. The number of piperazine rings is 1. The predicted molar refractivity (Wildman–Crippen MR) is 77.2 cm³/mol. The van der Waals surface area contributed by atoms with Crippen molar-refractivity contribution in [1.82, 2.24) is 15.1 Å². The quantitative estimate of drug-likeness (QED) is 0.894. The summed E-state index contributed by atoms with van der Waals surface area (Å²) in [6, 6.07) is 5.32. The molecule has 0 amide bonds. The number of nitrogens with zero attached hydrogens (tertiary/aromatic N) is 2. The van der Waals surface area contributed by atoms with E-state index in [0.29, 0.717) is 0 Å². The van der Waals surface area contributed by atoms with Gasteiger partial charge in [-0.2, -0.15) is 0 Å². The van der Waals surface area contributed by atoms with E-state index in [0.717, 1.165) is 12.6 Å². The van der Waals surface area contributed by atoms with Gasteiger partial charge in [0.05, 0.1) is 0 Å². The summed E-state index contributed by atoms with van der Waals surface area (Å²) in [5.74, 6) is 0. The van der Waals surface area contributed by atoms with Gasteiger partial charge in [-0.1, -0.05) is 0 Å². The van der Waals surface area contributed by atoms with Crippen LogP contribution in [0, 0.1) is 6.92 Å². The Morgan fingerprint density at radius 2 is 2.11 bits per heavy atom. The van der Waals surface area contributed by atoms with Crippen molar-refractivity contribution in [2.75, 3.05) is 39.3 Å². The highest BCUT2D eigenvalue weighted by Crippen LogP contribution is 2.19. The third-order valence-corrected chi connectivity index (χ3v) is 5.12. The van der Waals surface area contributed by atoms with E-state index in [-0.39, 0.29) is 0 Å². The first-order chi connectivity index (χ1) is 8.81. The molecule has 3 rings (SSSR count). The maximum Gasteiger partial charge on any atom is 0.0329 e. The first-order valence-corrected chi connectivity index (χ1v) is 7.85. The minimum atomic E-state index is 0.802. The molecule has 0 radical (unpaired) electrons. The van der Waals surface area contributed by atoms with E-state index < -0.39 is 0 Å². The second-order valence-electron chi connectivity index (χ2n) is 5.47. The number of hydrogen-bond donors (Lipinski definition) is 1. The molecule has 2 aliphatic heterocycles. The highest BCUT2D eigenvalue weighted by Gasteiger charge is 2.25. The molecular formula is C14H23N3S. The standard InChI is InChI=1S/C14H23N3S/c1-12-2-3-14(18-12)11-16-6-8-17(9-7-16)13-4-5-15-10-13/h2-3,13,15H,4-11H2,1H3. The van der Waals surface area contributed by atoms with Crippen LogP contribution in [0.15, 0.2) is 12.1 Å². The van der Waals surface area contributed by atoms with E-state index >= 15 is 0 Å². The molecule has 100 valence electrons. The molecule has 2 fully saturated rings. The van der Waals surface area contributed by atoms with Gasteiger partial charge in [0.15, 0.2) is 0 Å². The summed E-state index contributed by atoms with van der Waals surface area (Å²) in [5.41, 5.74) is 0. The van der Waals surface area contributed by atoms with Gasteiger partial charge in [-0.15, -0.1) is 11.3 Å². The zero-order valence-corrected chi connectivity index (χ0v) is 12.0. The predicted octanol–water partition coefficient (Wildman–Crippen LogP) is 1.54. The monoisotopic (exact) mass is 265 g/mol. The number of nitrogens with one attached hydrogen (secondary N) is 1. The molecule has 0 spiro atoms. The molecule has 1 atom stereocenters. The Hall–Kier alpha value is -0.420. The average molecular weight is 265 g/mol. The second-order valence-corrected chi connectivity index (χ2v) is 6.84. The van der Waals surface area contributed by atoms with Gasteiger partial charge in [0, 0.05) is 55.1 Å².